The van der Waals surface area contributed by atoms with Gasteiger partial charge in [0.2, 0.25) is 0 Å². The van der Waals surface area contributed by atoms with Crippen LogP contribution in [0, 0.1) is 0 Å². The predicted molar refractivity (Wildman–Crippen MR) is 97.1 cm³/mol. The van der Waals surface area contributed by atoms with E-state index < -0.39 is 0 Å². The number of fused-ring (bicyclic) bond motifs is 1. The quantitative estimate of drug-likeness (QED) is 0.696. The third-order valence-electron chi connectivity index (χ3n) is 4.16. The van der Waals surface area contributed by atoms with Gasteiger partial charge in [-0.05, 0) is 24.5 Å². The summed E-state index contributed by atoms with van der Waals surface area (Å²) in [6.45, 7) is 7.82. The van der Waals surface area contributed by atoms with E-state index in [1.54, 1.807) is 11.3 Å². The second-order valence-electron chi connectivity index (χ2n) is 5.43. The average Bonchev–Trinajstić information content (AvgIpc) is 3.07. The number of nitrogens with zero attached hydrogens (tertiary/aromatic N) is 3. The third kappa shape index (κ3) is 3.21. The molecule has 5 heteroatoms. The van der Waals surface area contributed by atoms with Crippen molar-refractivity contribution in [3.63, 3.8) is 0 Å². The molecule has 0 N–H and O–H groups in total. The lowest BCUT2D eigenvalue weighted by molar-refractivity contribution is 0.290. The molecule has 4 nitrogen and oxygen atoms in total. The molecule has 0 unspecified atom stereocenters. The van der Waals surface area contributed by atoms with E-state index in [0.29, 0.717) is 6.54 Å². The summed E-state index contributed by atoms with van der Waals surface area (Å²) < 4.78 is 1.81. The minimum atomic E-state index is -0.161. The van der Waals surface area contributed by atoms with Crippen LogP contribution in [-0.2, 0) is 6.54 Å². The number of aromatic nitrogens is 2. The van der Waals surface area contributed by atoms with Crippen molar-refractivity contribution in [1.29, 1.82) is 0 Å². The molecule has 0 radical (unpaired) electrons. The first-order chi connectivity index (χ1) is 11.2. The van der Waals surface area contributed by atoms with Crippen molar-refractivity contribution in [2.75, 3.05) is 19.6 Å². The monoisotopic (exact) mass is 327 g/mol. The highest BCUT2D eigenvalue weighted by Gasteiger charge is 2.13. The van der Waals surface area contributed by atoms with Gasteiger partial charge in [0, 0.05) is 24.0 Å². The Kier molecular flexibility index (Phi) is 4.88. The van der Waals surface area contributed by atoms with Crippen molar-refractivity contribution in [3.05, 3.63) is 52.3 Å². The second kappa shape index (κ2) is 7.06. The Bertz CT molecular complexity index is 834. The van der Waals surface area contributed by atoms with E-state index in [9.17, 15) is 4.79 Å². The summed E-state index contributed by atoms with van der Waals surface area (Å²) >= 11 is 1.61. The van der Waals surface area contributed by atoms with E-state index in [1.807, 2.05) is 40.3 Å². The van der Waals surface area contributed by atoms with Crippen molar-refractivity contribution in [2.24, 2.45) is 0 Å². The number of benzene rings is 1. The first kappa shape index (κ1) is 15.9. The van der Waals surface area contributed by atoms with Gasteiger partial charge in [-0.3, -0.25) is 4.57 Å². The molecule has 0 fully saturated rings. The number of hydrogen-bond acceptors (Lipinski definition) is 4. The van der Waals surface area contributed by atoms with E-state index in [0.717, 1.165) is 41.1 Å². The average molecular weight is 327 g/mol. The van der Waals surface area contributed by atoms with E-state index in [1.165, 1.54) is 0 Å². The molecule has 2 aromatic heterocycles. The molecular weight excluding hydrogens is 306 g/mol. The third-order valence-corrected chi connectivity index (χ3v) is 5.10. The fraction of sp³-hybridized carbons (Fsp3) is 0.333. The highest BCUT2D eigenvalue weighted by molar-refractivity contribution is 7.16. The van der Waals surface area contributed by atoms with Gasteiger partial charge in [0.15, 0.2) is 0 Å². The molecule has 0 aliphatic rings. The van der Waals surface area contributed by atoms with Crippen LogP contribution < -0.4 is 5.69 Å². The smallest absolute Gasteiger partial charge is 0.302 e. The summed E-state index contributed by atoms with van der Waals surface area (Å²) in [6.07, 6.45) is 0. The topological polar surface area (TPSA) is 38.1 Å². The molecule has 0 saturated heterocycles. The number of hydrogen-bond donors (Lipinski definition) is 0. The Labute approximate surface area is 140 Å². The molecular formula is C18H21N3OS. The Balaban J connectivity index is 2.04. The van der Waals surface area contributed by atoms with Crippen LogP contribution in [-0.4, -0.2) is 34.1 Å². The van der Waals surface area contributed by atoms with Gasteiger partial charge < -0.3 is 4.90 Å². The van der Waals surface area contributed by atoms with Crippen molar-refractivity contribution in [2.45, 2.75) is 20.4 Å². The fourth-order valence-corrected chi connectivity index (χ4v) is 3.71. The Morgan fingerprint density at radius 1 is 1.13 bits per heavy atom. The molecule has 23 heavy (non-hydrogen) atoms. The van der Waals surface area contributed by atoms with Crippen LogP contribution in [0.15, 0.2) is 46.6 Å². The summed E-state index contributed by atoms with van der Waals surface area (Å²) in [5.74, 6) is 0. The SMILES string of the molecule is CCN(CC)CCn1c(=O)nc(-c2ccccc2)c2ccsc21. The van der Waals surface area contributed by atoms with Crippen LogP contribution in [0.5, 0.6) is 0 Å². The summed E-state index contributed by atoms with van der Waals surface area (Å²) in [6, 6.07) is 12.0. The lowest BCUT2D eigenvalue weighted by atomic mass is 10.1. The van der Waals surface area contributed by atoms with Gasteiger partial charge >= 0.3 is 5.69 Å². The fourth-order valence-electron chi connectivity index (χ4n) is 2.79. The molecule has 0 saturated carbocycles. The zero-order valence-corrected chi connectivity index (χ0v) is 14.3. The van der Waals surface area contributed by atoms with Crippen molar-refractivity contribution in [3.8, 4) is 11.3 Å². The summed E-state index contributed by atoms with van der Waals surface area (Å²) in [4.78, 5) is 20.3. The van der Waals surface area contributed by atoms with E-state index in [2.05, 4.69) is 29.8 Å². The highest BCUT2D eigenvalue weighted by Crippen LogP contribution is 2.28. The van der Waals surface area contributed by atoms with E-state index in [-0.39, 0.29) is 5.69 Å². The Morgan fingerprint density at radius 3 is 2.57 bits per heavy atom. The first-order valence-electron chi connectivity index (χ1n) is 8.00. The molecule has 0 aliphatic heterocycles. The van der Waals surface area contributed by atoms with Crippen molar-refractivity contribution in [1.82, 2.24) is 14.5 Å². The maximum atomic E-state index is 12.6. The predicted octanol–water partition coefficient (Wildman–Crippen LogP) is 3.47. The Morgan fingerprint density at radius 2 is 1.87 bits per heavy atom. The van der Waals surface area contributed by atoms with Crippen molar-refractivity contribution >= 4 is 21.6 Å². The molecule has 3 rings (SSSR count). The van der Waals surface area contributed by atoms with Gasteiger partial charge in [0.1, 0.15) is 4.83 Å². The number of thiophene rings is 1. The van der Waals surface area contributed by atoms with Crippen LogP contribution in [0.2, 0.25) is 0 Å². The molecule has 1 aromatic carbocycles. The minimum Gasteiger partial charge on any atom is -0.302 e. The van der Waals surface area contributed by atoms with E-state index >= 15 is 0 Å². The molecule has 0 amide bonds. The number of likely N-dealkylation sites (N-methyl/N-ethyl adjacent to an activating group) is 1. The molecule has 0 atom stereocenters. The van der Waals surface area contributed by atoms with E-state index in [4.69, 9.17) is 0 Å². The summed E-state index contributed by atoms with van der Waals surface area (Å²) in [5.41, 5.74) is 1.61. The molecule has 120 valence electrons. The normalized spacial score (nSPS) is 11.4. The standard InChI is InChI=1S/C18H21N3OS/c1-3-20(4-2)11-12-21-17-15(10-13-23-17)16(19-18(21)22)14-8-6-5-7-9-14/h5-10,13H,3-4,11-12H2,1-2H3. The van der Waals surface area contributed by atoms with Crippen molar-refractivity contribution < 1.29 is 0 Å². The van der Waals surface area contributed by atoms with Crippen LogP contribution in [0.3, 0.4) is 0 Å². The van der Waals surface area contributed by atoms with Crippen LogP contribution in [0.4, 0.5) is 0 Å². The van der Waals surface area contributed by atoms with Crippen LogP contribution in [0.1, 0.15) is 13.8 Å². The first-order valence-corrected chi connectivity index (χ1v) is 8.88. The largest absolute Gasteiger partial charge is 0.349 e. The molecule has 0 aliphatic carbocycles. The van der Waals surface area contributed by atoms with Gasteiger partial charge in [-0.25, -0.2) is 4.79 Å². The maximum absolute atomic E-state index is 12.6. The van der Waals surface area contributed by atoms with Gasteiger partial charge in [-0.1, -0.05) is 44.2 Å². The highest BCUT2D eigenvalue weighted by atomic mass is 32.1. The lowest BCUT2D eigenvalue weighted by Crippen LogP contribution is -2.32. The summed E-state index contributed by atoms with van der Waals surface area (Å²) in [5, 5.41) is 3.09. The lowest BCUT2D eigenvalue weighted by Gasteiger charge is -2.18. The van der Waals surface area contributed by atoms with Gasteiger partial charge in [0.05, 0.1) is 5.69 Å². The minimum absolute atomic E-state index is 0.161. The Hall–Kier alpha value is -1.98. The number of rotatable bonds is 6. The van der Waals surface area contributed by atoms with Crippen LogP contribution in [0.25, 0.3) is 21.5 Å². The van der Waals surface area contributed by atoms with Gasteiger partial charge in [-0.2, -0.15) is 4.98 Å². The maximum Gasteiger partial charge on any atom is 0.349 e. The zero-order valence-electron chi connectivity index (χ0n) is 13.5. The van der Waals surface area contributed by atoms with Crippen LogP contribution >= 0.6 is 11.3 Å². The molecule has 3 aromatic rings. The molecule has 2 heterocycles. The second-order valence-corrected chi connectivity index (χ2v) is 6.32. The zero-order chi connectivity index (χ0) is 16.2. The van der Waals surface area contributed by atoms with Gasteiger partial charge in [-0.15, -0.1) is 11.3 Å². The van der Waals surface area contributed by atoms with Gasteiger partial charge in [0.25, 0.3) is 0 Å². The summed E-state index contributed by atoms with van der Waals surface area (Å²) in [7, 11) is 0. The molecule has 0 bridgehead atoms. The molecule has 0 spiro atoms.